The molecule has 3 heterocycles. The Morgan fingerprint density at radius 3 is 2.50 bits per heavy atom. The molecule has 1 aliphatic carbocycles. The van der Waals surface area contributed by atoms with Crippen LogP contribution in [-0.2, 0) is 24.8 Å². The zero-order valence-corrected chi connectivity index (χ0v) is 25.4. The van der Waals surface area contributed by atoms with Crippen LogP contribution in [0.1, 0.15) is 66.6 Å². The second kappa shape index (κ2) is 13.2. The molecule has 1 N–H and O–H groups in total. The van der Waals surface area contributed by atoms with E-state index in [-0.39, 0.29) is 23.8 Å². The molecule has 1 fully saturated rings. The van der Waals surface area contributed by atoms with Crippen molar-refractivity contribution in [1.82, 2.24) is 25.1 Å². The fraction of sp³-hybridized carbons (Fsp3) is 0.324. The minimum absolute atomic E-state index is 0.0920. The van der Waals surface area contributed by atoms with Gasteiger partial charge in [-0.15, -0.1) is 6.42 Å². The highest BCUT2D eigenvalue weighted by molar-refractivity contribution is 6.11. The number of nitrogens with zero attached hydrogens (tertiary/aromatic N) is 5. The Morgan fingerprint density at radius 2 is 1.84 bits per heavy atom. The fourth-order valence-corrected chi connectivity index (χ4v) is 6.54. The number of carbonyl (C=O) groups excluding carboxylic acids is 1. The monoisotopic (exact) mass is 582 g/mol. The van der Waals surface area contributed by atoms with Crippen LogP contribution >= 0.6 is 0 Å². The third kappa shape index (κ3) is 6.55. The summed E-state index contributed by atoms with van der Waals surface area (Å²) in [7, 11) is 1.89. The molecule has 0 radical (unpaired) electrons. The SMILES string of the molecule is C#Cc1cnc(CC2CCC(C(C(=O)NCc3ccccc3)c3ccc(C4=CC(C)N=C4)cc3)CC2)nc1-c1ccnn1C. The number of hydrogen-bond donors (Lipinski definition) is 1. The summed E-state index contributed by atoms with van der Waals surface area (Å²) >= 11 is 0. The molecule has 2 aromatic heterocycles. The van der Waals surface area contributed by atoms with Gasteiger partial charge in [-0.3, -0.25) is 14.5 Å². The van der Waals surface area contributed by atoms with Gasteiger partial charge in [0, 0.05) is 38.6 Å². The topological polar surface area (TPSA) is 85.1 Å². The second-order valence-corrected chi connectivity index (χ2v) is 12.0. The normalized spacial score (nSPS) is 20.1. The summed E-state index contributed by atoms with van der Waals surface area (Å²) in [6, 6.07) is 20.7. The number of benzene rings is 2. The first-order chi connectivity index (χ1) is 21.5. The van der Waals surface area contributed by atoms with Crippen LogP contribution in [0.15, 0.2) is 84.1 Å². The van der Waals surface area contributed by atoms with E-state index in [0.29, 0.717) is 18.0 Å². The van der Waals surface area contributed by atoms with Gasteiger partial charge in [0.05, 0.1) is 23.2 Å². The van der Waals surface area contributed by atoms with Gasteiger partial charge in [-0.25, -0.2) is 9.97 Å². The molecule has 2 unspecified atom stereocenters. The minimum Gasteiger partial charge on any atom is -0.351 e. The summed E-state index contributed by atoms with van der Waals surface area (Å²) in [6.07, 6.45) is 18.1. The summed E-state index contributed by atoms with van der Waals surface area (Å²) in [5, 5.41) is 7.52. The number of aliphatic imine (C=N–C) groups is 1. The first-order valence-electron chi connectivity index (χ1n) is 15.5. The maximum absolute atomic E-state index is 13.8. The van der Waals surface area contributed by atoms with Crippen molar-refractivity contribution >= 4 is 17.7 Å². The van der Waals surface area contributed by atoms with E-state index < -0.39 is 0 Å². The van der Waals surface area contributed by atoms with E-state index >= 15 is 0 Å². The van der Waals surface area contributed by atoms with Gasteiger partial charge >= 0.3 is 0 Å². The maximum atomic E-state index is 13.8. The van der Waals surface area contributed by atoms with E-state index in [4.69, 9.17) is 11.4 Å². The number of allylic oxidation sites excluding steroid dienone is 1. The van der Waals surface area contributed by atoms with Crippen molar-refractivity contribution in [3.05, 3.63) is 107 Å². The minimum atomic E-state index is -0.207. The van der Waals surface area contributed by atoms with Gasteiger partial charge < -0.3 is 5.32 Å². The Labute approximate surface area is 259 Å². The molecule has 2 aliphatic rings. The number of hydrogen-bond acceptors (Lipinski definition) is 5. The Bertz CT molecular complexity index is 1700. The molecule has 2 atom stereocenters. The van der Waals surface area contributed by atoms with Crippen LogP contribution in [0, 0.1) is 24.2 Å². The number of aryl methyl sites for hydroxylation is 1. The molecule has 7 nitrogen and oxygen atoms in total. The molecule has 1 aliphatic heterocycles. The van der Waals surface area contributed by atoms with E-state index in [1.165, 1.54) is 0 Å². The molecule has 0 spiro atoms. The third-order valence-electron chi connectivity index (χ3n) is 8.96. The number of aromatic nitrogens is 4. The molecular weight excluding hydrogens is 544 g/mol. The molecule has 222 valence electrons. The van der Waals surface area contributed by atoms with Crippen molar-refractivity contribution in [2.45, 2.75) is 57.5 Å². The largest absolute Gasteiger partial charge is 0.351 e. The van der Waals surface area contributed by atoms with Crippen molar-refractivity contribution in [2.24, 2.45) is 23.9 Å². The smallest absolute Gasteiger partial charge is 0.228 e. The lowest BCUT2D eigenvalue weighted by atomic mass is 9.72. The van der Waals surface area contributed by atoms with Crippen LogP contribution in [0.25, 0.3) is 17.0 Å². The molecule has 2 aromatic carbocycles. The van der Waals surface area contributed by atoms with Crippen molar-refractivity contribution in [2.75, 3.05) is 0 Å². The average Bonchev–Trinajstić information content (AvgIpc) is 3.69. The highest BCUT2D eigenvalue weighted by Gasteiger charge is 2.33. The van der Waals surface area contributed by atoms with Crippen LogP contribution in [-0.4, -0.2) is 37.9 Å². The van der Waals surface area contributed by atoms with Crippen LogP contribution in [0.3, 0.4) is 0 Å². The highest BCUT2D eigenvalue weighted by Crippen LogP contribution is 2.40. The van der Waals surface area contributed by atoms with Crippen LogP contribution in [0.4, 0.5) is 0 Å². The number of carbonyl (C=O) groups is 1. The first-order valence-corrected chi connectivity index (χ1v) is 15.5. The van der Waals surface area contributed by atoms with Gasteiger partial charge in [0.25, 0.3) is 0 Å². The Morgan fingerprint density at radius 1 is 1.07 bits per heavy atom. The van der Waals surface area contributed by atoms with Gasteiger partial charge in [-0.2, -0.15) is 5.10 Å². The van der Waals surface area contributed by atoms with Crippen molar-refractivity contribution in [1.29, 1.82) is 0 Å². The van der Waals surface area contributed by atoms with Crippen LogP contribution in [0.5, 0.6) is 0 Å². The van der Waals surface area contributed by atoms with Crippen molar-refractivity contribution in [3.63, 3.8) is 0 Å². The molecule has 1 saturated carbocycles. The number of amides is 1. The lowest BCUT2D eigenvalue weighted by Gasteiger charge is -2.33. The second-order valence-electron chi connectivity index (χ2n) is 12.0. The Hall–Kier alpha value is -4.83. The summed E-state index contributed by atoms with van der Waals surface area (Å²) in [6.45, 7) is 2.61. The molecule has 0 saturated heterocycles. The van der Waals surface area contributed by atoms with Gasteiger partial charge in [-0.1, -0.05) is 66.6 Å². The van der Waals surface area contributed by atoms with E-state index in [1.807, 2.05) is 49.7 Å². The molecule has 1 amide bonds. The lowest BCUT2D eigenvalue weighted by molar-refractivity contribution is -0.124. The quantitative estimate of drug-likeness (QED) is 0.240. The third-order valence-corrected chi connectivity index (χ3v) is 8.96. The van der Waals surface area contributed by atoms with E-state index in [2.05, 4.69) is 63.6 Å². The molecule has 44 heavy (non-hydrogen) atoms. The fourth-order valence-electron chi connectivity index (χ4n) is 6.54. The van der Waals surface area contributed by atoms with Gasteiger partial charge in [-0.05, 0) is 72.8 Å². The molecule has 6 rings (SSSR count). The standard InChI is InChI=1S/C37H38N6O/c1-4-28-23-39-34(42-36(28)33-18-19-41-43(33)3)21-26-10-12-30(13-11-26)35(37(44)40-22-27-8-6-5-7-9-27)31-16-14-29(15-17-31)32-20-25(2)38-24-32/h1,5-9,14-20,23-26,30,35H,10-13,21-22H2,2-3H3,(H,40,44). The van der Waals surface area contributed by atoms with E-state index in [1.54, 1.807) is 17.1 Å². The lowest BCUT2D eigenvalue weighted by Crippen LogP contribution is -2.35. The summed E-state index contributed by atoms with van der Waals surface area (Å²) < 4.78 is 1.78. The van der Waals surface area contributed by atoms with Crippen LogP contribution in [0.2, 0.25) is 0 Å². The zero-order chi connectivity index (χ0) is 30.5. The zero-order valence-electron chi connectivity index (χ0n) is 25.4. The molecule has 7 heteroatoms. The van der Waals surface area contributed by atoms with Crippen molar-refractivity contribution in [3.8, 4) is 23.7 Å². The predicted octanol–water partition coefficient (Wildman–Crippen LogP) is 6.16. The van der Waals surface area contributed by atoms with Gasteiger partial charge in [0.1, 0.15) is 11.5 Å². The van der Waals surface area contributed by atoms with Gasteiger partial charge in [0.15, 0.2) is 0 Å². The summed E-state index contributed by atoms with van der Waals surface area (Å²) in [5.74, 6) is 4.11. The highest BCUT2D eigenvalue weighted by atomic mass is 16.1. The molecular formula is C37H38N6O. The van der Waals surface area contributed by atoms with E-state index in [0.717, 1.165) is 71.6 Å². The predicted molar refractivity (Wildman–Crippen MR) is 175 cm³/mol. The maximum Gasteiger partial charge on any atom is 0.228 e. The number of rotatable bonds is 9. The van der Waals surface area contributed by atoms with E-state index in [9.17, 15) is 4.79 Å². The van der Waals surface area contributed by atoms with Crippen molar-refractivity contribution < 1.29 is 4.79 Å². The molecule has 4 aromatic rings. The van der Waals surface area contributed by atoms with Gasteiger partial charge in [0.2, 0.25) is 5.91 Å². The average molecular weight is 583 g/mol. The summed E-state index contributed by atoms with van der Waals surface area (Å²) in [5.41, 5.74) is 6.74. The summed E-state index contributed by atoms with van der Waals surface area (Å²) in [4.78, 5) is 27.8. The Balaban J connectivity index is 1.16. The molecule has 0 bridgehead atoms. The number of nitrogens with one attached hydrogen (secondary N) is 1. The van der Waals surface area contributed by atoms with Crippen LogP contribution < -0.4 is 5.32 Å². The number of terminal acetylenes is 1. The Kier molecular flexibility index (Phi) is 8.79. The first kappa shape index (κ1) is 29.3.